The number of nitrogens with two attached hydrogens (primary N) is 1. The van der Waals surface area contributed by atoms with Gasteiger partial charge in [0.2, 0.25) is 10.0 Å². The molecule has 1 aliphatic heterocycles. The molecule has 0 bridgehead atoms. The smallest absolute Gasteiger partial charge is 0.273 e. The van der Waals surface area contributed by atoms with Crippen LogP contribution in [-0.2, 0) is 26.0 Å². The third-order valence-electron chi connectivity index (χ3n) is 4.37. The van der Waals surface area contributed by atoms with Gasteiger partial charge in [-0.3, -0.25) is 14.5 Å². The van der Waals surface area contributed by atoms with Gasteiger partial charge in [-0.1, -0.05) is 35.9 Å². The molecule has 0 saturated carbocycles. The number of sulfonamides is 1. The first-order valence-corrected chi connectivity index (χ1v) is 10.2. The quantitative estimate of drug-likeness (QED) is 0.718. The molecule has 0 radical (unpaired) electrons. The van der Waals surface area contributed by atoms with E-state index in [-0.39, 0.29) is 22.0 Å². The second-order valence-corrected chi connectivity index (χ2v) is 8.06. The minimum Gasteiger partial charge on any atom is -0.497 e. The zero-order valence-corrected chi connectivity index (χ0v) is 16.5. The summed E-state index contributed by atoms with van der Waals surface area (Å²) in [5, 5.41) is 4.94. The van der Waals surface area contributed by atoms with Crippen LogP contribution in [0.2, 0.25) is 0 Å². The maximum atomic E-state index is 12.7. The first kappa shape index (κ1) is 20.1. The van der Waals surface area contributed by atoms with Crippen molar-refractivity contribution < 1.29 is 22.7 Å². The number of ether oxygens (including phenoxy) is 1. The highest BCUT2D eigenvalue weighted by atomic mass is 35.5. The molecular weight excluding hydrogens is 404 g/mol. The Morgan fingerprint density at radius 2 is 1.61 bits per heavy atom. The van der Waals surface area contributed by atoms with E-state index < -0.39 is 21.8 Å². The predicted octanol–water partition coefficient (Wildman–Crippen LogP) is 1.90. The summed E-state index contributed by atoms with van der Waals surface area (Å²) < 4.78 is 27.7. The van der Waals surface area contributed by atoms with Gasteiger partial charge in [-0.15, -0.1) is 0 Å². The highest BCUT2D eigenvalue weighted by Gasteiger charge is 2.37. The van der Waals surface area contributed by atoms with Gasteiger partial charge in [0.05, 0.1) is 17.6 Å². The number of methoxy groups -OCH3 is 1. The molecule has 9 heteroatoms. The maximum absolute atomic E-state index is 12.7. The zero-order chi connectivity index (χ0) is 20.5. The summed E-state index contributed by atoms with van der Waals surface area (Å²) in [4.78, 5) is 26.2. The van der Waals surface area contributed by atoms with E-state index in [1.54, 1.807) is 36.4 Å². The number of imide groups is 1. The van der Waals surface area contributed by atoms with Crippen molar-refractivity contribution in [2.45, 2.75) is 11.3 Å². The Hall–Kier alpha value is -2.68. The van der Waals surface area contributed by atoms with Crippen molar-refractivity contribution in [3.63, 3.8) is 0 Å². The van der Waals surface area contributed by atoms with Crippen molar-refractivity contribution in [1.29, 1.82) is 0 Å². The van der Waals surface area contributed by atoms with Gasteiger partial charge in [0.15, 0.2) is 0 Å². The fourth-order valence-electron chi connectivity index (χ4n) is 2.84. The third kappa shape index (κ3) is 3.94. The summed E-state index contributed by atoms with van der Waals surface area (Å²) in [6.07, 6.45) is 0.350. The largest absolute Gasteiger partial charge is 0.497 e. The standard InChI is InChI=1S/C19H17ClN2O5S/c1-27-14-6-4-13(5-7-14)16-17(20)19(24)22(18(16)23)11-10-12-2-8-15(9-3-12)28(21,25)26/h2-9H,10-11H2,1H3,(H2,21,25,26). The summed E-state index contributed by atoms with van der Waals surface area (Å²) in [5.41, 5.74) is 1.44. The highest BCUT2D eigenvalue weighted by molar-refractivity contribution is 7.89. The molecule has 28 heavy (non-hydrogen) atoms. The van der Waals surface area contributed by atoms with Crippen LogP contribution in [0, 0.1) is 0 Å². The summed E-state index contributed by atoms with van der Waals surface area (Å²) in [5.74, 6) is -0.406. The molecule has 0 atom stereocenters. The molecule has 7 nitrogen and oxygen atoms in total. The Morgan fingerprint density at radius 1 is 1.00 bits per heavy atom. The minimum absolute atomic E-state index is 0.00363. The van der Waals surface area contributed by atoms with Crippen molar-refractivity contribution in [3.05, 3.63) is 64.7 Å². The van der Waals surface area contributed by atoms with E-state index in [2.05, 4.69) is 0 Å². The van der Waals surface area contributed by atoms with Crippen LogP contribution in [0.15, 0.2) is 58.5 Å². The van der Waals surface area contributed by atoms with Crippen molar-refractivity contribution in [1.82, 2.24) is 4.90 Å². The number of hydrogen-bond donors (Lipinski definition) is 1. The number of carbonyl (C=O) groups is 2. The van der Waals surface area contributed by atoms with E-state index in [9.17, 15) is 18.0 Å². The van der Waals surface area contributed by atoms with Gasteiger partial charge in [0.1, 0.15) is 10.8 Å². The number of carbonyl (C=O) groups excluding carboxylic acids is 2. The van der Waals surface area contributed by atoms with Gasteiger partial charge in [-0.25, -0.2) is 13.6 Å². The van der Waals surface area contributed by atoms with Crippen LogP contribution in [0.5, 0.6) is 5.75 Å². The molecule has 2 N–H and O–H groups in total. The van der Waals surface area contributed by atoms with Gasteiger partial charge in [-0.2, -0.15) is 0 Å². The highest BCUT2D eigenvalue weighted by Crippen LogP contribution is 2.32. The lowest BCUT2D eigenvalue weighted by molar-refractivity contribution is -0.136. The second-order valence-electron chi connectivity index (χ2n) is 6.12. The van der Waals surface area contributed by atoms with E-state index in [0.717, 1.165) is 10.5 Å². The fraction of sp³-hybridized carbons (Fsp3) is 0.158. The number of nitrogens with zero attached hydrogens (tertiary/aromatic N) is 1. The van der Waals surface area contributed by atoms with E-state index in [0.29, 0.717) is 17.7 Å². The van der Waals surface area contributed by atoms with E-state index in [1.807, 2.05) is 0 Å². The van der Waals surface area contributed by atoms with Crippen molar-refractivity contribution in [2.75, 3.05) is 13.7 Å². The molecule has 0 aliphatic carbocycles. The monoisotopic (exact) mass is 420 g/mol. The summed E-state index contributed by atoms with van der Waals surface area (Å²) in [6, 6.07) is 12.6. The summed E-state index contributed by atoms with van der Waals surface area (Å²) >= 11 is 6.13. The van der Waals surface area contributed by atoms with Crippen molar-refractivity contribution in [2.24, 2.45) is 5.14 Å². The van der Waals surface area contributed by atoms with Gasteiger partial charge in [0, 0.05) is 6.54 Å². The van der Waals surface area contributed by atoms with Gasteiger partial charge >= 0.3 is 0 Å². The number of hydrogen-bond acceptors (Lipinski definition) is 5. The number of rotatable bonds is 6. The second kappa shape index (κ2) is 7.75. The Morgan fingerprint density at radius 3 is 2.14 bits per heavy atom. The molecule has 1 heterocycles. The number of benzene rings is 2. The Kier molecular flexibility index (Phi) is 5.55. The number of primary sulfonamides is 1. The molecule has 0 saturated heterocycles. The summed E-state index contributed by atoms with van der Waals surface area (Å²) in [6.45, 7) is 0.113. The molecule has 2 aromatic carbocycles. The van der Waals surface area contributed by atoms with Crippen molar-refractivity contribution >= 4 is 39.0 Å². The topological polar surface area (TPSA) is 107 Å². The molecule has 0 spiro atoms. The predicted molar refractivity (Wildman–Crippen MR) is 104 cm³/mol. The lowest BCUT2D eigenvalue weighted by Gasteiger charge is -2.15. The Balaban J connectivity index is 1.74. The third-order valence-corrected chi connectivity index (χ3v) is 5.65. The number of halogens is 1. The maximum Gasteiger partial charge on any atom is 0.273 e. The van der Waals surface area contributed by atoms with Gasteiger partial charge in [0.25, 0.3) is 11.8 Å². The zero-order valence-electron chi connectivity index (χ0n) is 14.9. The molecule has 0 fully saturated rings. The molecule has 1 aliphatic rings. The van der Waals surface area contributed by atoms with Crippen LogP contribution in [0.25, 0.3) is 5.57 Å². The van der Waals surface area contributed by atoms with Crippen LogP contribution in [-0.4, -0.2) is 38.8 Å². The molecule has 3 rings (SSSR count). The molecule has 0 unspecified atom stereocenters. The summed E-state index contributed by atoms with van der Waals surface area (Å²) in [7, 11) is -2.24. The van der Waals surface area contributed by atoms with E-state index in [4.69, 9.17) is 21.5 Å². The first-order chi connectivity index (χ1) is 13.2. The Labute approximate surface area is 167 Å². The normalized spacial score (nSPS) is 14.8. The molecule has 0 aromatic heterocycles. The minimum atomic E-state index is -3.77. The average Bonchev–Trinajstić information content (AvgIpc) is 2.88. The van der Waals surface area contributed by atoms with Crippen LogP contribution in [0.1, 0.15) is 11.1 Å². The molecule has 2 amide bonds. The van der Waals surface area contributed by atoms with Crippen LogP contribution < -0.4 is 9.88 Å². The molecule has 146 valence electrons. The van der Waals surface area contributed by atoms with E-state index >= 15 is 0 Å². The SMILES string of the molecule is COc1ccc(C2=C(Cl)C(=O)N(CCc3ccc(S(N)(=O)=O)cc3)C2=O)cc1. The molecular formula is C19H17ClN2O5S. The van der Waals surface area contributed by atoms with Crippen LogP contribution >= 0.6 is 11.6 Å². The van der Waals surface area contributed by atoms with Gasteiger partial charge in [-0.05, 0) is 41.8 Å². The molecule has 2 aromatic rings. The fourth-order valence-corrected chi connectivity index (χ4v) is 3.65. The number of amides is 2. The van der Waals surface area contributed by atoms with Crippen LogP contribution in [0.4, 0.5) is 0 Å². The van der Waals surface area contributed by atoms with E-state index in [1.165, 1.54) is 19.2 Å². The first-order valence-electron chi connectivity index (χ1n) is 8.24. The lowest BCUT2D eigenvalue weighted by atomic mass is 10.1. The van der Waals surface area contributed by atoms with Crippen molar-refractivity contribution in [3.8, 4) is 5.75 Å². The van der Waals surface area contributed by atoms with Gasteiger partial charge < -0.3 is 4.74 Å². The van der Waals surface area contributed by atoms with Crippen LogP contribution in [0.3, 0.4) is 0 Å². The Bertz CT molecular complexity index is 1060. The lowest BCUT2D eigenvalue weighted by Crippen LogP contribution is -2.33. The average molecular weight is 421 g/mol.